The van der Waals surface area contributed by atoms with Crippen LogP contribution in [0.2, 0.25) is 0 Å². The summed E-state index contributed by atoms with van der Waals surface area (Å²) in [5, 5.41) is 0. The Morgan fingerprint density at radius 1 is 1.35 bits per heavy atom. The lowest BCUT2D eigenvalue weighted by atomic mass is 10.2. The van der Waals surface area contributed by atoms with E-state index in [1.807, 2.05) is 6.07 Å². The van der Waals surface area contributed by atoms with Crippen LogP contribution in [0.4, 0.5) is 4.39 Å². The summed E-state index contributed by atoms with van der Waals surface area (Å²) in [6.45, 7) is 0.402. The van der Waals surface area contributed by atoms with E-state index in [1.54, 1.807) is 23.1 Å². The minimum atomic E-state index is -0.286. The third-order valence-electron chi connectivity index (χ3n) is 3.27. The molecule has 0 bridgehead atoms. The minimum Gasteiger partial charge on any atom is -0.444 e. The number of halogens is 2. The van der Waals surface area contributed by atoms with Crippen LogP contribution in [0.25, 0.3) is 0 Å². The SMILES string of the molecule is O=C(c1ccc(Br)o1)N(Cc1cccc(F)c1)C1CC1. The van der Waals surface area contributed by atoms with E-state index in [4.69, 9.17) is 4.42 Å². The number of carbonyl (C=O) groups is 1. The molecule has 1 fully saturated rings. The molecule has 2 aromatic rings. The standard InChI is InChI=1S/C15H13BrFNO2/c16-14-7-6-13(20-14)15(19)18(12-4-5-12)9-10-2-1-3-11(17)8-10/h1-3,6-8,12H,4-5,9H2. The molecule has 20 heavy (non-hydrogen) atoms. The highest BCUT2D eigenvalue weighted by atomic mass is 79.9. The largest absolute Gasteiger partial charge is 0.444 e. The molecule has 5 heteroatoms. The molecule has 104 valence electrons. The Hall–Kier alpha value is -1.62. The number of benzene rings is 1. The minimum absolute atomic E-state index is 0.150. The van der Waals surface area contributed by atoms with Crippen LogP contribution in [0.1, 0.15) is 29.0 Å². The van der Waals surface area contributed by atoms with Gasteiger partial charge in [0, 0.05) is 12.6 Å². The molecule has 1 aliphatic carbocycles. The first-order valence-electron chi connectivity index (χ1n) is 6.44. The molecular formula is C15H13BrFNO2. The number of amides is 1. The van der Waals surface area contributed by atoms with Gasteiger partial charge in [-0.15, -0.1) is 0 Å². The summed E-state index contributed by atoms with van der Waals surface area (Å²) in [5.74, 6) is -0.130. The number of carbonyl (C=O) groups excluding carboxylic acids is 1. The number of furan rings is 1. The average molecular weight is 338 g/mol. The van der Waals surface area contributed by atoms with E-state index in [9.17, 15) is 9.18 Å². The lowest BCUT2D eigenvalue weighted by Crippen LogP contribution is -2.32. The van der Waals surface area contributed by atoms with E-state index in [0.717, 1.165) is 18.4 Å². The van der Waals surface area contributed by atoms with Crippen LogP contribution < -0.4 is 0 Å². The molecule has 0 saturated heterocycles. The molecule has 0 atom stereocenters. The Morgan fingerprint density at radius 2 is 2.15 bits per heavy atom. The Bertz CT molecular complexity index is 636. The van der Waals surface area contributed by atoms with Gasteiger partial charge in [-0.25, -0.2) is 4.39 Å². The lowest BCUT2D eigenvalue weighted by Gasteiger charge is -2.21. The lowest BCUT2D eigenvalue weighted by molar-refractivity contribution is 0.0696. The first-order valence-corrected chi connectivity index (χ1v) is 7.23. The molecule has 1 aromatic heterocycles. The van der Waals surface area contributed by atoms with Crippen molar-refractivity contribution in [2.45, 2.75) is 25.4 Å². The van der Waals surface area contributed by atoms with Crippen LogP contribution >= 0.6 is 15.9 Å². The van der Waals surface area contributed by atoms with Crippen LogP contribution in [0.15, 0.2) is 45.5 Å². The molecule has 0 N–H and O–H groups in total. The van der Waals surface area contributed by atoms with Crippen molar-refractivity contribution in [2.24, 2.45) is 0 Å². The third-order valence-corrected chi connectivity index (χ3v) is 3.70. The van der Waals surface area contributed by atoms with Gasteiger partial charge in [-0.1, -0.05) is 12.1 Å². The highest BCUT2D eigenvalue weighted by Gasteiger charge is 2.34. The van der Waals surface area contributed by atoms with E-state index in [1.165, 1.54) is 12.1 Å². The Kier molecular flexibility index (Phi) is 3.61. The second-order valence-electron chi connectivity index (χ2n) is 4.90. The van der Waals surface area contributed by atoms with Crippen molar-refractivity contribution in [3.8, 4) is 0 Å². The predicted octanol–water partition coefficient (Wildman–Crippen LogP) is 3.99. The summed E-state index contributed by atoms with van der Waals surface area (Å²) in [4.78, 5) is 14.2. The van der Waals surface area contributed by atoms with Gasteiger partial charge in [0.2, 0.25) is 0 Å². The molecule has 1 heterocycles. The third kappa shape index (κ3) is 2.93. The summed E-state index contributed by atoms with van der Waals surface area (Å²) in [7, 11) is 0. The normalized spacial score (nSPS) is 14.3. The summed E-state index contributed by atoms with van der Waals surface area (Å²) in [5.41, 5.74) is 0.788. The Balaban J connectivity index is 1.81. The number of rotatable bonds is 4. The fourth-order valence-corrected chi connectivity index (χ4v) is 2.46. The smallest absolute Gasteiger partial charge is 0.290 e. The molecule has 0 spiro atoms. The zero-order chi connectivity index (χ0) is 14.1. The van der Waals surface area contributed by atoms with Crippen LogP contribution in [0, 0.1) is 5.82 Å². The van der Waals surface area contributed by atoms with Crippen molar-refractivity contribution in [2.75, 3.05) is 0 Å². The monoisotopic (exact) mass is 337 g/mol. The molecule has 0 radical (unpaired) electrons. The maximum atomic E-state index is 13.2. The summed E-state index contributed by atoms with van der Waals surface area (Å²) >= 11 is 3.19. The summed E-state index contributed by atoms with van der Waals surface area (Å²) in [6, 6.07) is 9.91. The van der Waals surface area contributed by atoms with E-state index in [0.29, 0.717) is 17.0 Å². The van der Waals surface area contributed by atoms with Crippen LogP contribution in [-0.4, -0.2) is 16.8 Å². The van der Waals surface area contributed by atoms with Gasteiger partial charge < -0.3 is 9.32 Å². The zero-order valence-corrected chi connectivity index (χ0v) is 12.3. The van der Waals surface area contributed by atoms with Gasteiger partial charge in [-0.05, 0) is 58.6 Å². The second-order valence-corrected chi connectivity index (χ2v) is 5.68. The number of hydrogen-bond acceptors (Lipinski definition) is 2. The molecule has 1 amide bonds. The van der Waals surface area contributed by atoms with Crippen LogP contribution in [-0.2, 0) is 6.54 Å². The van der Waals surface area contributed by atoms with Gasteiger partial charge in [0.1, 0.15) is 5.82 Å². The number of nitrogens with zero attached hydrogens (tertiary/aromatic N) is 1. The van der Waals surface area contributed by atoms with E-state index in [2.05, 4.69) is 15.9 Å². The molecule has 3 nitrogen and oxygen atoms in total. The van der Waals surface area contributed by atoms with Crippen molar-refractivity contribution < 1.29 is 13.6 Å². The molecule has 0 unspecified atom stereocenters. The highest BCUT2D eigenvalue weighted by Crippen LogP contribution is 2.30. The van der Waals surface area contributed by atoms with Crippen molar-refractivity contribution in [1.29, 1.82) is 0 Å². The van der Waals surface area contributed by atoms with Gasteiger partial charge in [0.05, 0.1) is 0 Å². The summed E-state index contributed by atoms with van der Waals surface area (Å²) < 4.78 is 19.1. The fourth-order valence-electron chi connectivity index (χ4n) is 2.16. The van der Waals surface area contributed by atoms with Crippen LogP contribution in [0.5, 0.6) is 0 Å². The van der Waals surface area contributed by atoms with E-state index >= 15 is 0 Å². The molecular weight excluding hydrogens is 325 g/mol. The van der Waals surface area contributed by atoms with Gasteiger partial charge >= 0.3 is 0 Å². The van der Waals surface area contributed by atoms with E-state index in [-0.39, 0.29) is 17.8 Å². The van der Waals surface area contributed by atoms with Crippen molar-refractivity contribution in [3.05, 3.63) is 58.2 Å². The van der Waals surface area contributed by atoms with Crippen molar-refractivity contribution in [1.82, 2.24) is 4.90 Å². The molecule has 3 rings (SSSR count). The molecule has 1 aromatic carbocycles. The highest BCUT2D eigenvalue weighted by molar-refractivity contribution is 9.10. The Labute approximate surface area is 124 Å². The van der Waals surface area contributed by atoms with Gasteiger partial charge in [-0.3, -0.25) is 4.79 Å². The fraction of sp³-hybridized carbons (Fsp3) is 0.267. The topological polar surface area (TPSA) is 33.5 Å². The first kappa shape index (κ1) is 13.4. The van der Waals surface area contributed by atoms with E-state index < -0.39 is 0 Å². The quantitative estimate of drug-likeness (QED) is 0.845. The van der Waals surface area contributed by atoms with Crippen molar-refractivity contribution in [3.63, 3.8) is 0 Å². The summed E-state index contributed by atoms with van der Waals surface area (Å²) in [6.07, 6.45) is 1.98. The maximum absolute atomic E-state index is 13.2. The van der Waals surface area contributed by atoms with Crippen LogP contribution in [0.3, 0.4) is 0 Å². The van der Waals surface area contributed by atoms with Crippen molar-refractivity contribution >= 4 is 21.8 Å². The first-order chi connectivity index (χ1) is 9.63. The molecule has 1 saturated carbocycles. The molecule has 1 aliphatic rings. The Morgan fingerprint density at radius 3 is 2.75 bits per heavy atom. The predicted molar refractivity (Wildman–Crippen MR) is 75.7 cm³/mol. The van der Waals surface area contributed by atoms with Gasteiger partial charge in [0.15, 0.2) is 10.4 Å². The zero-order valence-electron chi connectivity index (χ0n) is 10.7. The maximum Gasteiger partial charge on any atom is 0.290 e. The average Bonchev–Trinajstić information content (AvgIpc) is 3.17. The van der Waals surface area contributed by atoms with Gasteiger partial charge in [0.25, 0.3) is 5.91 Å². The van der Waals surface area contributed by atoms with Gasteiger partial charge in [-0.2, -0.15) is 0 Å². The number of hydrogen-bond donors (Lipinski definition) is 0. The molecule has 0 aliphatic heterocycles. The second kappa shape index (κ2) is 5.40.